The summed E-state index contributed by atoms with van der Waals surface area (Å²) in [5, 5.41) is 19.3. The van der Waals surface area contributed by atoms with Crippen LogP contribution in [0.15, 0.2) is 36.5 Å². The maximum Gasteiger partial charge on any atom is 0.335 e. The van der Waals surface area contributed by atoms with Crippen molar-refractivity contribution < 1.29 is 19.6 Å². The van der Waals surface area contributed by atoms with Crippen molar-refractivity contribution in [1.82, 2.24) is 4.98 Å². The lowest BCUT2D eigenvalue weighted by atomic mass is 10.2. The summed E-state index contributed by atoms with van der Waals surface area (Å²) < 4.78 is 5.32. The van der Waals surface area contributed by atoms with Crippen LogP contribution in [0.5, 0.6) is 11.6 Å². The Bertz CT molecular complexity index is 672. The Balaban J connectivity index is 2.21. The van der Waals surface area contributed by atoms with E-state index >= 15 is 0 Å². The Morgan fingerprint density at radius 1 is 1.35 bits per heavy atom. The molecule has 2 aromatic rings. The molecule has 0 aliphatic rings. The monoisotopic (exact) mass is 294 g/mol. The SMILES string of the molecule is O=C(O)c1ccc(Oc2ncc([N+](=O)[O-])cc2Cl)cc1. The lowest BCUT2D eigenvalue weighted by molar-refractivity contribution is -0.385. The minimum atomic E-state index is -1.05. The highest BCUT2D eigenvalue weighted by Crippen LogP contribution is 2.29. The minimum absolute atomic E-state index is 0.000316. The summed E-state index contributed by atoms with van der Waals surface area (Å²) >= 11 is 5.82. The molecular weight excluding hydrogens is 288 g/mol. The highest BCUT2D eigenvalue weighted by atomic mass is 35.5. The summed E-state index contributed by atoms with van der Waals surface area (Å²) in [6.45, 7) is 0. The van der Waals surface area contributed by atoms with Crippen molar-refractivity contribution in [2.45, 2.75) is 0 Å². The molecule has 0 fully saturated rings. The van der Waals surface area contributed by atoms with Gasteiger partial charge in [-0.2, -0.15) is 0 Å². The largest absolute Gasteiger partial charge is 0.478 e. The molecule has 8 heteroatoms. The van der Waals surface area contributed by atoms with Gasteiger partial charge in [0.2, 0.25) is 5.88 Å². The summed E-state index contributed by atoms with van der Waals surface area (Å²) in [6.07, 6.45) is 1.02. The second kappa shape index (κ2) is 5.54. The second-order valence-corrected chi connectivity index (χ2v) is 4.08. The topological polar surface area (TPSA) is 103 Å². The number of halogens is 1. The fourth-order valence-corrected chi connectivity index (χ4v) is 1.57. The van der Waals surface area contributed by atoms with Gasteiger partial charge in [-0.25, -0.2) is 9.78 Å². The van der Waals surface area contributed by atoms with Crippen molar-refractivity contribution in [1.29, 1.82) is 0 Å². The highest BCUT2D eigenvalue weighted by molar-refractivity contribution is 6.32. The van der Waals surface area contributed by atoms with Gasteiger partial charge < -0.3 is 9.84 Å². The maximum atomic E-state index is 10.7. The van der Waals surface area contributed by atoms with Crippen LogP contribution in [0.2, 0.25) is 5.02 Å². The van der Waals surface area contributed by atoms with E-state index in [1.807, 2.05) is 0 Å². The Kier molecular flexibility index (Phi) is 3.81. The maximum absolute atomic E-state index is 10.7. The zero-order valence-electron chi connectivity index (χ0n) is 9.82. The first-order valence-corrected chi connectivity index (χ1v) is 5.66. The highest BCUT2D eigenvalue weighted by Gasteiger charge is 2.12. The third kappa shape index (κ3) is 3.01. The number of carboxylic acid groups (broad SMARTS) is 1. The Hall–Kier alpha value is -2.67. The number of nitrogens with zero attached hydrogens (tertiary/aromatic N) is 2. The van der Waals surface area contributed by atoms with Crippen molar-refractivity contribution in [3.8, 4) is 11.6 Å². The third-order valence-electron chi connectivity index (χ3n) is 2.32. The lowest BCUT2D eigenvalue weighted by Crippen LogP contribution is -1.96. The van der Waals surface area contributed by atoms with Gasteiger partial charge in [-0.05, 0) is 24.3 Å². The smallest absolute Gasteiger partial charge is 0.335 e. The van der Waals surface area contributed by atoms with Crippen molar-refractivity contribution in [2.24, 2.45) is 0 Å². The number of carboxylic acids is 1. The van der Waals surface area contributed by atoms with Crippen molar-refractivity contribution >= 4 is 23.3 Å². The van der Waals surface area contributed by atoms with E-state index in [2.05, 4.69) is 4.98 Å². The predicted molar refractivity (Wildman–Crippen MR) is 69.4 cm³/mol. The van der Waals surface area contributed by atoms with Crippen LogP contribution in [0.25, 0.3) is 0 Å². The minimum Gasteiger partial charge on any atom is -0.478 e. The van der Waals surface area contributed by atoms with E-state index in [0.717, 1.165) is 12.3 Å². The number of ether oxygens (including phenoxy) is 1. The molecule has 0 unspecified atom stereocenters. The quantitative estimate of drug-likeness (QED) is 0.686. The predicted octanol–water partition coefficient (Wildman–Crippen LogP) is 3.13. The number of aromatic carboxylic acids is 1. The number of nitro groups is 1. The van der Waals surface area contributed by atoms with Crippen LogP contribution in [-0.2, 0) is 0 Å². The summed E-state index contributed by atoms with van der Waals surface area (Å²) in [4.78, 5) is 24.3. The molecule has 0 saturated heterocycles. The van der Waals surface area contributed by atoms with E-state index in [9.17, 15) is 14.9 Å². The molecular formula is C12H7ClN2O5. The summed E-state index contributed by atoms with van der Waals surface area (Å²) in [6, 6.07) is 6.70. The van der Waals surface area contributed by atoms with Gasteiger partial charge in [0.15, 0.2) is 0 Å². The molecule has 0 atom stereocenters. The zero-order valence-corrected chi connectivity index (χ0v) is 10.6. The first-order valence-electron chi connectivity index (χ1n) is 5.28. The lowest BCUT2D eigenvalue weighted by Gasteiger charge is -2.06. The molecule has 2 rings (SSSR count). The van der Waals surface area contributed by atoms with Gasteiger partial charge in [-0.3, -0.25) is 10.1 Å². The molecule has 1 aromatic heterocycles. The van der Waals surface area contributed by atoms with E-state index in [0.29, 0.717) is 5.75 Å². The van der Waals surface area contributed by atoms with Gasteiger partial charge in [0.25, 0.3) is 5.69 Å². The van der Waals surface area contributed by atoms with E-state index in [-0.39, 0.29) is 22.2 Å². The molecule has 0 aliphatic carbocycles. The van der Waals surface area contributed by atoms with E-state index in [1.54, 1.807) is 0 Å². The van der Waals surface area contributed by atoms with Gasteiger partial charge in [-0.15, -0.1) is 0 Å². The first-order chi connectivity index (χ1) is 9.47. The molecule has 0 radical (unpaired) electrons. The number of aromatic nitrogens is 1. The van der Waals surface area contributed by atoms with Crippen LogP contribution in [0.3, 0.4) is 0 Å². The number of carbonyl (C=O) groups is 1. The molecule has 102 valence electrons. The molecule has 7 nitrogen and oxygen atoms in total. The summed E-state index contributed by atoms with van der Waals surface area (Å²) in [5.41, 5.74) is -0.135. The summed E-state index contributed by atoms with van der Waals surface area (Å²) in [5.74, 6) is -0.735. The van der Waals surface area contributed by atoms with E-state index < -0.39 is 10.9 Å². The molecule has 0 amide bonds. The van der Waals surface area contributed by atoms with Gasteiger partial charge in [0, 0.05) is 6.07 Å². The zero-order chi connectivity index (χ0) is 14.7. The second-order valence-electron chi connectivity index (χ2n) is 3.67. The van der Waals surface area contributed by atoms with Crippen molar-refractivity contribution in [2.75, 3.05) is 0 Å². The number of benzene rings is 1. The van der Waals surface area contributed by atoms with Crippen LogP contribution in [0, 0.1) is 10.1 Å². The third-order valence-corrected chi connectivity index (χ3v) is 2.59. The Morgan fingerprint density at radius 2 is 2.00 bits per heavy atom. The van der Waals surface area contributed by atoms with Crippen LogP contribution < -0.4 is 4.74 Å². The molecule has 0 saturated carbocycles. The Morgan fingerprint density at radius 3 is 2.50 bits per heavy atom. The number of pyridine rings is 1. The van der Waals surface area contributed by atoms with E-state index in [1.165, 1.54) is 24.3 Å². The number of rotatable bonds is 4. The molecule has 0 bridgehead atoms. The standard InChI is InChI=1S/C12H7ClN2O5/c13-10-5-8(15(18)19)6-14-11(10)20-9-3-1-7(2-4-9)12(16)17/h1-6H,(H,16,17). The average Bonchev–Trinajstić information content (AvgIpc) is 2.41. The number of hydrogen-bond donors (Lipinski definition) is 1. The molecule has 1 N–H and O–H groups in total. The van der Waals surface area contributed by atoms with Gasteiger partial charge in [-0.1, -0.05) is 11.6 Å². The normalized spacial score (nSPS) is 10.1. The van der Waals surface area contributed by atoms with Gasteiger partial charge in [0.05, 0.1) is 10.5 Å². The van der Waals surface area contributed by atoms with Crippen LogP contribution in [0.1, 0.15) is 10.4 Å². The summed E-state index contributed by atoms with van der Waals surface area (Å²) in [7, 11) is 0. The van der Waals surface area contributed by atoms with Crippen LogP contribution >= 0.6 is 11.6 Å². The average molecular weight is 295 g/mol. The molecule has 0 aliphatic heterocycles. The van der Waals surface area contributed by atoms with Gasteiger partial charge in [0.1, 0.15) is 17.0 Å². The van der Waals surface area contributed by atoms with Crippen molar-refractivity contribution in [3.05, 3.63) is 57.2 Å². The fraction of sp³-hybridized carbons (Fsp3) is 0. The van der Waals surface area contributed by atoms with E-state index in [4.69, 9.17) is 21.4 Å². The molecule has 1 heterocycles. The van der Waals surface area contributed by atoms with Crippen LogP contribution in [-0.4, -0.2) is 21.0 Å². The Labute approximate surface area is 117 Å². The number of hydrogen-bond acceptors (Lipinski definition) is 5. The first kappa shape index (κ1) is 13.8. The van der Waals surface area contributed by atoms with Crippen LogP contribution in [0.4, 0.5) is 5.69 Å². The fourth-order valence-electron chi connectivity index (χ4n) is 1.37. The molecule has 0 spiro atoms. The molecule has 20 heavy (non-hydrogen) atoms. The molecule has 1 aromatic carbocycles. The van der Waals surface area contributed by atoms with Gasteiger partial charge >= 0.3 is 5.97 Å². The van der Waals surface area contributed by atoms with Crippen molar-refractivity contribution in [3.63, 3.8) is 0 Å².